The summed E-state index contributed by atoms with van der Waals surface area (Å²) in [4.78, 5) is 11.0. The highest BCUT2D eigenvalue weighted by Gasteiger charge is 2.30. The van der Waals surface area contributed by atoms with Gasteiger partial charge in [0, 0.05) is 5.41 Å². The van der Waals surface area contributed by atoms with Crippen LogP contribution in [0.4, 0.5) is 0 Å². The fourth-order valence-electron chi connectivity index (χ4n) is 2.20. The molecule has 0 bridgehead atoms. The molecule has 0 saturated heterocycles. The van der Waals surface area contributed by atoms with Crippen LogP contribution in [0.25, 0.3) is 0 Å². The summed E-state index contributed by atoms with van der Waals surface area (Å²) in [6.45, 7) is 2.04. The maximum Gasteiger partial charge on any atom is 0.130 e. The lowest BCUT2D eigenvalue weighted by atomic mass is 9.72. The van der Waals surface area contributed by atoms with Gasteiger partial charge in [-0.2, -0.15) is 0 Å². The van der Waals surface area contributed by atoms with Crippen molar-refractivity contribution in [2.24, 2.45) is 0 Å². The third-order valence-electron chi connectivity index (χ3n) is 3.03. The standard InChI is InChI=1S/C12H14O/c1-12(9-13)8-4-6-10-5-2-3-7-11(10)12/h2-3,5,7,9H,4,6,8H2,1H3/t12-/m1/s1. The van der Waals surface area contributed by atoms with Gasteiger partial charge in [0.15, 0.2) is 0 Å². The lowest BCUT2D eigenvalue weighted by Crippen LogP contribution is -2.28. The number of carbonyl (C=O) groups excluding carboxylic acids is 1. The van der Waals surface area contributed by atoms with E-state index in [4.69, 9.17) is 0 Å². The van der Waals surface area contributed by atoms with Crippen molar-refractivity contribution in [3.63, 3.8) is 0 Å². The van der Waals surface area contributed by atoms with E-state index in [1.54, 1.807) is 0 Å². The van der Waals surface area contributed by atoms with E-state index in [9.17, 15) is 4.79 Å². The van der Waals surface area contributed by atoms with Crippen molar-refractivity contribution in [1.29, 1.82) is 0 Å². The molecule has 0 heterocycles. The zero-order valence-corrected chi connectivity index (χ0v) is 7.92. The Labute approximate surface area is 78.8 Å². The topological polar surface area (TPSA) is 17.1 Å². The van der Waals surface area contributed by atoms with E-state index in [1.165, 1.54) is 11.1 Å². The fourth-order valence-corrected chi connectivity index (χ4v) is 2.20. The minimum atomic E-state index is -0.227. The van der Waals surface area contributed by atoms with Crippen molar-refractivity contribution in [2.75, 3.05) is 0 Å². The molecule has 13 heavy (non-hydrogen) atoms. The van der Waals surface area contributed by atoms with Crippen LogP contribution in [-0.2, 0) is 16.6 Å². The molecule has 0 aliphatic heterocycles. The summed E-state index contributed by atoms with van der Waals surface area (Å²) < 4.78 is 0. The number of rotatable bonds is 1. The van der Waals surface area contributed by atoms with Gasteiger partial charge >= 0.3 is 0 Å². The second-order valence-corrected chi connectivity index (χ2v) is 4.05. The summed E-state index contributed by atoms with van der Waals surface area (Å²) in [5, 5.41) is 0. The summed E-state index contributed by atoms with van der Waals surface area (Å²) in [7, 11) is 0. The zero-order chi connectivity index (χ0) is 9.31. The Hall–Kier alpha value is -1.11. The van der Waals surface area contributed by atoms with Crippen LogP contribution >= 0.6 is 0 Å². The molecule has 68 valence electrons. The summed E-state index contributed by atoms with van der Waals surface area (Å²) in [5.74, 6) is 0. The van der Waals surface area contributed by atoms with Gasteiger partial charge in [0.1, 0.15) is 6.29 Å². The zero-order valence-electron chi connectivity index (χ0n) is 7.92. The van der Waals surface area contributed by atoms with Crippen molar-refractivity contribution in [3.05, 3.63) is 35.4 Å². The molecular formula is C12H14O. The molecule has 1 aliphatic carbocycles. The molecule has 0 spiro atoms. The smallest absolute Gasteiger partial charge is 0.130 e. The van der Waals surface area contributed by atoms with Crippen molar-refractivity contribution in [3.8, 4) is 0 Å². The van der Waals surface area contributed by atoms with Gasteiger partial charge in [-0.25, -0.2) is 0 Å². The van der Waals surface area contributed by atoms with Crippen LogP contribution < -0.4 is 0 Å². The second kappa shape index (κ2) is 2.99. The predicted molar refractivity (Wildman–Crippen MR) is 52.8 cm³/mol. The number of hydrogen-bond acceptors (Lipinski definition) is 1. The summed E-state index contributed by atoms with van der Waals surface area (Å²) in [6, 6.07) is 8.29. The number of hydrogen-bond donors (Lipinski definition) is 0. The van der Waals surface area contributed by atoms with Gasteiger partial charge in [-0.3, -0.25) is 0 Å². The van der Waals surface area contributed by atoms with Crippen molar-refractivity contribution >= 4 is 6.29 Å². The minimum absolute atomic E-state index is 0.227. The Morgan fingerprint density at radius 3 is 2.92 bits per heavy atom. The molecule has 0 aromatic heterocycles. The van der Waals surface area contributed by atoms with Gasteiger partial charge in [-0.1, -0.05) is 24.3 Å². The molecule has 1 aliphatic rings. The van der Waals surface area contributed by atoms with Crippen LogP contribution in [0.1, 0.15) is 30.9 Å². The van der Waals surface area contributed by atoms with Crippen molar-refractivity contribution in [1.82, 2.24) is 0 Å². The first-order valence-corrected chi connectivity index (χ1v) is 4.81. The quantitative estimate of drug-likeness (QED) is 0.598. The van der Waals surface area contributed by atoms with E-state index < -0.39 is 0 Å². The van der Waals surface area contributed by atoms with E-state index in [0.717, 1.165) is 25.5 Å². The molecule has 2 rings (SSSR count). The molecule has 1 nitrogen and oxygen atoms in total. The van der Waals surface area contributed by atoms with Crippen molar-refractivity contribution < 1.29 is 4.79 Å². The summed E-state index contributed by atoms with van der Waals surface area (Å²) >= 11 is 0. The molecular weight excluding hydrogens is 160 g/mol. The molecule has 0 unspecified atom stereocenters. The van der Waals surface area contributed by atoms with E-state index in [2.05, 4.69) is 18.2 Å². The second-order valence-electron chi connectivity index (χ2n) is 4.05. The first-order chi connectivity index (χ1) is 6.26. The Kier molecular flexibility index (Phi) is 1.95. The number of aldehydes is 1. The third kappa shape index (κ3) is 1.28. The SMILES string of the molecule is C[C@]1(C=O)CCCc2ccccc21. The Bertz CT molecular complexity index is 330. The highest BCUT2D eigenvalue weighted by molar-refractivity contribution is 5.69. The van der Waals surface area contributed by atoms with Crippen LogP contribution in [0, 0.1) is 0 Å². The van der Waals surface area contributed by atoms with Crippen LogP contribution in [0.2, 0.25) is 0 Å². The molecule has 0 fully saturated rings. The Morgan fingerprint density at radius 1 is 1.38 bits per heavy atom. The monoisotopic (exact) mass is 174 g/mol. The van der Waals surface area contributed by atoms with Crippen LogP contribution in [-0.4, -0.2) is 6.29 Å². The molecule has 1 aromatic carbocycles. The van der Waals surface area contributed by atoms with Gasteiger partial charge in [0.2, 0.25) is 0 Å². The predicted octanol–water partition coefficient (Wildman–Crippen LogP) is 2.48. The average molecular weight is 174 g/mol. The molecule has 0 radical (unpaired) electrons. The highest BCUT2D eigenvalue weighted by Crippen LogP contribution is 2.35. The molecule has 0 N–H and O–H groups in total. The Morgan fingerprint density at radius 2 is 2.15 bits per heavy atom. The fraction of sp³-hybridized carbons (Fsp3) is 0.417. The maximum atomic E-state index is 11.0. The number of carbonyl (C=O) groups is 1. The van der Waals surface area contributed by atoms with Crippen LogP contribution in [0.15, 0.2) is 24.3 Å². The van der Waals surface area contributed by atoms with Gasteiger partial charge in [-0.15, -0.1) is 0 Å². The average Bonchev–Trinajstić information content (AvgIpc) is 2.19. The number of benzene rings is 1. The third-order valence-corrected chi connectivity index (χ3v) is 3.03. The van der Waals surface area contributed by atoms with Gasteiger partial charge in [-0.05, 0) is 37.3 Å². The molecule has 0 saturated carbocycles. The lowest BCUT2D eigenvalue weighted by molar-refractivity contribution is -0.112. The van der Waals surface area contributed by atoms with Crippen LogP contribution in [0.3, 0.4) is 0 Å². The van der Waals surface area contributed by atoms with Gasteiger partial charge in [0.05, 0.1) is 0 Å². The van der Waals surface area contributed by atoms with Crippen LogP contribution in [0.5, 0.6) is 0 Å². The first-order valence-electron chi connectivity index (χ1n) is 4.81. The van der Waals surface area contributed by atoms with Gasteiger partial charge in [0.25, 0.3) is 0 Å². The van der Waals surface area contributed by atoms with E-state index in [1.807, 2.05) is 13.0 Å². The van der Waals surface area contributed by atoms with Gasteiger partial charge < -0.3 is 4.79 Å². The Balaban J connectivity index is 2.54. The van der Waals surface area contributed by atoms with E-state index in [-0.39, 0.29) is 5.41 Å². The maximum absolute atomic E-state index is 11.0. The summed E-state index contributed by atoms with van der Waals surface area (Å²) in [5.41, 5.74) is 2.36. The number of fused-ring (bicyclic) bond motifs is 1. The summed E-state index contributed by atoms with van der Waals surface area (Å²) in [6.07, 6.45) is 4.35. The van der Waals surface area contributed by atoms with E-state index >= 15 is 0 Å². The molecule has 1 atom stereocenters. The largest absolute Gasteiger partial charge is 0.302 e. The van der Waals surface area contributed by atoms with Crippen molar-refractivity contribution in [2.45, 2.75) is 31.6 Å². The molecule has 1 heteroatoms. The minimum Gasteiger partial charge on any atom is -0.302 e. The van der Waals surface area contributed by atoms with E-state index in [0.29, 0.717) is 0 Å². The molecule has 0 amide bonds. The number of aryl methyl sites for hydroxylation is 1. The highest BCUT2D eigenvalue weighted by atomic mass is 16.1. The molecule has 1 aromatic rings. The lowest BCUT2D eigenvalue weighted by Gasteiger charge is -2.30. The first kappa shape index (κ1) is 8.49. The normalized spacial score (nSPS) is 26.5.